The summed E-state index contributed by atoms with van der Waals surface area (Å²) in [6.45, 7) is 2.75. The first kappa shape index (κ1) is 31.7. The van der Waals surface area contributed by atoms with E-state index in [0.29, 0.717) is 0 Å². The van der Waals surface area contributed by atoms with Gasteiger partial charge in [0.05, 0.1) is 0 Å². The molecule has 0 amide bonds. The Morgan fingerprint density at radius 2 is 0.923 bits per heavy atom. The van der Waals surface area contributed by atoms with Gasteiger partial charge in [-0.2, -0.15) is 0 Å². The first-order valence-electron chi connectivity index (χ1n) is 16.5. The molecule has 0 nitrogen and oxygen atoms in total. The largest absolute Gasteiger partial charge is 0.0971 e. The maximum Gasteiger partial charge on any atom is 0 e. The number of benzene rings is 2. The van der Waals surface area contributed by atoms with Gasteiger partial charge >= 0.3 is 0 Å². The van der Waals surface area contributed by atoms with Crippen LogP contribution >= 0.6 is 15.8 Å². The summed E-state index contributed by atoms with van der Waals surface area (Å²) in [6, 6.07) is 23.2. The van der Waals surface area contributed by atoms with Gasteiger partial charge in [-0.1, -0.05) is 153 Å². The standard InChI is InChI=1S/C31H44P2.C5H10.Fe/c1-25(32(26-15-6-2-7-16-26)27-17-8-3-9-18-27)30-23-14-24-31(30)33(28-19-10-4-11-20-28)29-21-12-5-13-22-29;1-2-4-5-3-1;/h4-5,10-13,19-22,25-27,30-31H,2-3,6-9,14-18,23-24H2,1H3;1-5H2;/t25-,30?,31?;;/m1../s1. The third-order valence-corrected chi connectivity index (χ3v) is 17.3. The van der Waals surface area contributed by atoms with E-state index in [2.05, 4.69) is 67.6 Å². The summed E-state index contributed by atoms with van der Waals surface area (Å²) in [7, 11) is -0.121. The zero-order valence-electron chi connectivity index (χ0n) is 24.6. The van der Waals surface area contributed by atoms with Gasteiger partial charge in [0.15, 0.2) is 0 Å². The third kappa shape index (κ3) is 8.67. The Bertz CT molecular complexity index is 837. The SMILES string of the molecule is C1CCCC1.C[C@H](C1CCCC1P(c1ccccc1)c1ccccc1)P(C1CCCCC1)C1CCCCC1.[Fe]. The van der Waals surface area contributed by atoms with E-state index < -0.39 is 0 Å². The van der Waals surface area contributed by atoms with E-state index in [1.54, 1.807) is 36.3 Å². The maximum absolute atomic E-state index is 2.75. The van der Waals surface area contributed by atoms with Crippen LogP contribution in [0.15, 0.2) is 60.7 Å². The average Bonchev–Trinajstić information content (AvgIpc) is 3.72. The first-order chi connectivity index (χ1) is 18.8. The van der Waals surface area contributed by atoms with Crippen LogP contribution < -0.4 is 10.6 Å². The second kappa shape index (κ2) is 17.1. The smallest absolute Gasteiger partial charge is 0 e. The van der Waals surface area contributed by atoms with Crippen molar-refractivity contribution in [3.8, 4) is 0 Å². The summed E-state index contributed by atoms with van der Waals surface area (Å²) in [5.41, 5.74) is 3.98. The molecule has 2 unspecified atom stereocenters. The molecule has 0 heterocycles. The molecule has 3 atom stereocenters. The van der Waals surface area contributed by atoms with Crippen LogP contribution in [0.4, 0.5) is 0 Å². The maximum atomic E-state index is 2.75. The average molecular weight is 605 g/mol. The van der Waals surface area contributed by atoms with Crippen molar-refractivity contribution < 1.29 is 17.1 Å². The van der Waals surface area contributed by atoms with Crippen molar-refractivity contribution in [3.05, 3.63) is 60.7 Å². The van der Waals surface area contributed by atoms with Gasteiger partial charge in [-0.15, -0.1) is 0 Å². The summed E-state index contributed by atoms with van der Waals surface area (Å²) in [6.07, 6.45) is 27.1. The predicted octanol–water partition coefficient (Wildman–Crippen LogP) is 10.8. The van der Waals surface area contributed by atoms with Crippen molar-refractivity contribution in [1.29, 1.82) is 0 Å². The first-order valence-corrected chi connectivity index (χ1v) is 19.5. The van der Waals surface area contributed by atoms with E-state index in [4.69, 9.17) is 0 Å². The zero-order chi connectivity index (χ0) is 26.0. The molecular weight excluding hydrogens is 550 g/mol. The van der Waals surface area contributed by atoms with Crippen molar-refractivity contribution in [3.63, 3.8) is 0 Å². The molecular formula is C36H54FeP2. The van der Waals surface area contributed by atoms with Crippen LogP contribution in [0.1, 0.15) is 122 Å². The molecule has 6 rings (SSSR count). The third-order valence-electron chi connectivity index (χ3n) is 10.3. The van der Waals surface area contributed by atoms with Crippen molar-refractivity contribution >= 4 is 26.5 Å². The minimum atomic E-state index is -0.273. The minimum absolute atomic E-state index is 0. The monoisotopic (exact) mass is 604 g/mol. The zero-order valence-corrected chi connectivity index (χ0v) is 27.5. The van der Waals surface area contributed by atoms with Crippen LogP contribution in [0, 0.1) is 5.92 Å². The quantitative estimate of drug-likeness (QED) is 0.218. The van der Waals surface area contributed by atoms with Gasteiger partial charge in [-0.3, -0.25) is 0 Å². The van der Waals surface area contributed by atoms with Crippen LogP contribution in [0.3, 0.4) is 0 Å². The molecule has 39 heavy (non-hydrogen) atoms. The number of hydrogen-bond acceptors (Lipinski definition) is 0. The van der Waals surface area contributed by atoms with Crippen LogP contribution in [-0.4, -0.2) is 22.6 Å². The molecule has 0 saturated heterocycles. The minimum Gasteiger partial charge on any atom is -0.0971 e. The molecule has 4 fully saturated rings. The van der Waals surface area contributed by atoms with Gasteiger partial charge in [-0.05, 0) is 85.6 Å². The topological polar surface area (TPSA) is 0 Å². The molecule has 0 radical (unpaired) electrons. The Balaban J connectivity index is 0.000000530. The summed E-state index contributed by atoms with van der Waals surface area (Å²) in [5.74, 6) is 0.937. The molecule has 0 N–H and O–H groups in total. The van der Waals surface area contributed by atoms with Gasteiger partial charge in [0.2, 0.25) is 0 Å². The Morgan fingerprint density at radius 3 is 1.36 bits per heavy atom. The van der Waals surface area contributed by atoms with E-state index in [1.807, 2.05) is 0 Å². The van der Waals surface area contributed by atoms with Crippen molar-refractivity contribution in [1.82, 2.24) is 0 Å². The van der Waals surface area contributed by atoms with Gasteiger partial charge in [0.25, 0.3) is 0 Å². The Labute approximate surface area is 254 Å². The van der Waals surface area contributed by atoms with Crippen LogP contribution in [0.5, 0.6) is 0 Å². The van der Waals surface area contributed by atoms with Gasteiger partial charge in [-0.25, -0.2) is 0 Å². The van der Waals surface area contributed by atoms with E-state index in [1.165, 1.54) is 89.9 Å². The molecule has 0 aromatic heterocycles. The molecule has 216 valence electrons. The molecule has 0 spiro atoms. The second-order valence-electron chi connectivity index (χ2n) is 12.7. The molecule has 2 aromatic rings. The van der Waals surface area contributed by atoms with Crippen molar-refractivity contribution in [2.75, 3.05) is 0 Å². The van der Waals surface area contributed by atoms with E-state index >= 15 is 0 Å². The van der Waals surface area contributed by atoms with E-state index in [-0.39, 0.29) is 32.9 Å². The number of hydrogen-bond donors (Lipinski definition) is 0. The van der Waals surface area contributed by atoms with E-state index in [9.17, 15) is 0 Å². The predicted molar refractivity (Wildman–Crippen MR) is 173 cm³/mol. The molecule has 3 heteroatoms. The summed E-state index contributed by atoms with van der Waals surface area (Å²) in [5, 5.41) is 3.23. The van der Waals surface area contributed by atoms with Crippen molar-refractivity contribution in [2.24, 2.45) is 5.92 Å². The normalized spacial score (nSPS) is 25.2. The second-order valence-corrected chi connectivity index (χ2v) is 18.3. The van der Waals surface area contributed by atoms with Crippen LogP contribution in [0.2, 0.25) is 0 Å². The summed E-state index contributed by atoms with van der Waals surface area (Å²) >= 11 is 0. The fraction of sp³-hybridized carbons (Fsp3) is 0.667. The molecule has 4 aliphatic rings. The Kier molecular flexibility index (Phi) is 13.9. The molecule has 2 aromatic carbocycles. The van der Waals surface area contributed by atoms with Gasteiger partial charge in [0.1, 0.15) is 0 Å². The van der Waals surface area contributed by atoms with Gasteiger partial charge in [0, 0.05) is 17.1 Å². The molecule has 0 aliphatic heterocycles. The fourth-order valence-corrected chi connectivity index (χ4v) is 16.5. The molecule has 4 saturated carbocycles. The van der Waals surface area contributed by atoms with Crippen molar-refractivity contribution in [2.45, 2.75) is 145 Å². The van der Waals surface area contributed by atoms with Crippen LogP contribution in [0.25, 0.3) is 0 Å². The molecule has 4 aliphatic carbocycles. The van der Waals surface area contributed by atoms with Gasteiger partial charge < -0.3 is 0 Å². The van der Waals surface area contributed by atoms with E-state index in [0.717, 1.165) is 28.6 Å². The summed E-state index contributed by atoms with van der Waals surface area (Å²) < 4.78 is 0. The fourth-order valence-electron chi connectivity index (χ4n) is 8.39. The summed E-state index contributed by atoms with van der Waals surface area (Å²) in [4.78, 5) is 0. The van der Waals surface area contributed by atoms with Crippen LogP contribution in [-0.2, 0) is 17.1 Å². The Hall–Kier alpha value is -0.181. The number of rotatable bonds is 7. The molecule has 0 bridgehead atoms. The Morgan fingerprint density at radius 1 is 0.513 bits per heavy atom.